The van der Waals surface area contributed by atoms with E-state index < -0.39 is 0 Å². The third-order valence-electron chi connectivity index (χ3n) is 4.65. The molecule has 1 aliphatic carbocycles. The summed E-state index contributed by atoms with van der Waals surface area (Å²) in [5.74, 6) is -0.264. The van der Waals surface area contributed by atoms with Gasteiger partial charge in [-0.2, -0.15) is 0 Å². The molecular weight excluding hydrogens is 326 g/mol. The van der Waals surface area contributed by atoms with E-state index in [2.05, 4.69) is 21.7 Å². The van der Waals surface area contributed by atoms with E-state index in [0.717, 1.165) is 34.9 Å². The molecule has 0 bridgehead atoms. The molecule has 3 N–H and O–H groups in total. The summed E-state index contributed by atoms with van der Waals surface area (Å²) in [6.45, 7) is 4.07. The Hall–Kier alpha value is -3.08. The molecule has 132 valence electrons. The van der Waals surface area contributed by atoms with E-state index in [1.165, 1.54) is 0 Å². The highest BCUT2D eigenvalue weighted by molar-refractivity contribution is 6.06. The molecule has 5 nitrogen and oxygen atoms in total. The zero-order valence-electron chi connectivity index (χ0n) is 14.8. The van der Waals surface area contributed by atoms with E-state index in [1.54, 1.807) is 24.3 Å². The number of aromatic nitrogens is 1. The second-order valence-electron chi connectivity index (χ2n) is 7.01. The van der Waals surface area contributed by atoms with Gasteiger partial charge in [0.25, 0.3) is 11.8 Å². The summed E-state index contributed by atoms with van der Waals surface area (Å²) < 4.78 is 0. The van der Waals surface area contributed by atoms with E-state index in [9.17, 15) is 9.59 Å². The third-order valence-corrected chi connectivity index (χ3v) is 4.65. The standard InChI is InChI=1S/C21H21N3O2/c1-12-9-13(2)17-11-19(24-18(17)10-12)21(26)23-15-5-3-14(4-6-15)20(25)22-16-7-8-16/h3-6,9-11,16,24H,7-8H2,1-2H3,(H,22,25)(H,23,26). The van der Waals surface area contributed by atoms with Crippen molar-refractivity contribution in [2.24, 2.45) is 0 Å². The molecule has 0 aliphatic heterocycles. The molecule has 3 aromatic rings. The van der Waals surface area contributed by atoms with Crippen LogP contribution in [0.15, 0.2) is 42.5 Å². The summed E-state index contributed by atoms with van der Waals surface area (Å²) in [5, 5.41) is 6.87. The summed E-state index contributed by atoms with van der Waals surface area (Å²) in [6.07, 6.45) is 2.12. The van der Waals surface area contributed by atoms with Gasteiger partial charge in [0, 0.05) is 28.2 Å². The van der Waals surface area contributed by atoms with Crippen LogP contribution < -0.4 is 10.6 Å². The molecule has 1 aliphatic rings. The van der Waals surface area contributed by atoms with Crippen molar-refractivity contribution in [1.29, 1.82) is 0 Å². The number of carbonyl (C=O) groups excluding carboxylic acids is 2. The Bertz CT molecular complexity index is 998. The zero-order valence-corrected chi connectivity index (χ0v) is 14.8. The number of aryl methyl sites for hydroxylation is 2. The van der Waals surface area contributed by atoms with E-state index in [-0.39, 0.29) is 11.8 Å². The first-order valence-electron chi connectivity index (χ1n) is 8.82. The van der Waals surface area contributed by atoms with Crippen molar-refractivity contribution >= 4 is 28.4 Å². The molecule has 0 spiro atoms. The van der Waals surface area contributed by atoms with Gasteiger partial charge in [-0.15, -0.1) is 0 Å². The first kappa shape index (κ1) is 16.4. The Kier molecular flexibility index (Phi) is 3.99. The highest BCUT2D eigenvalue weighted by Crippen LogP contribution is 2.22. The number of anilines is 1. The molecule has 0 unspecified atom stereocenters. The number of H-pyrrole nitrogens is 1. The van der Waals surface area contributed by atoms with Crippen LogP contribution in [0.2, 0.25) is 0 Å². The van der Waals surface area contributed by atoms with Crippen LogP contribution in [0.4, 0.5) is 5.69 Å². The first-order valence-corrected chi connectivity index (χ1v) is 8.82. The summed E-state index contributed by atoms with van der Waals surface area (Å²) in [5.41, 5.74) is 5.03. The highest BCUT2D eigenvalue weighted by atomic mass is 16.2. The Morgan fingerprint density at radius 3 is 2.42 bits per heavy atom. The fraction of sp³-hybridized carbons (Fsp3) is 0.238. The molecule has 0 atom stereocenters. The lowest BCUT2D eigenvalue weighted by Gasteiger charge is -2.06. The quantitative estimate of drug-likeness (QED) is 0.669. The van der Waals surface area contributed by atoms with E-state index >= 15 is 0 Å². The number of amides is 2. The number of hydrogen-bond donors (Lipinski definition) is 3. The second-order valence-corrected chi connectivity index (χ2v) is 7.01. The topological polar surface area (TPSA) is 74.0 Å². The second kappa shape index (κ2) is 6.33. The lowest BCUT2D eigenvalue weighted by atomic mass is 10.1. The maximum absolute atomic E-state index is 12.5. The monoisotopic (exact) mass is 347 g/mol. The van der Waals surface area contributed by atoms with Crippen molar-refractivity contribution in [2.45, 2.75) is 32.7 Å². The average molecular weight is 347 g/mol. The van der Waals surface area contributed by atoms with Gasteiger partial charge in [-0.1, -0.05) is 6.07 Å². The number of nitrogens with one attached hydrogen (secondary N) is 3. The summed E-state index contributed by atoms with van der Waals surface area (Å²) in [6, 6.07) is 13.3. The lowest BCUT2D eigenvalue weighted by Crippen LogP contribution is -2.25. The fourth-order valence-electron chi connectivity index (χ4n) is 3.12. The van der Waals surface area contributed by atoms with Gasteiger partial charge in [0.2, 0.25) is 0 Å². The van der Waals surface area contributed by atoms with Crippen molar-refractivity contribution in [3.8, 4) is 0 Å². The van der Waals surface area contributed by atoms with Crippen LogP contribution in [-0.4, -0.2) is 22.8 Å². The fourth-order valence-corrected chi connectivity index (χ4v) is 3.12. The van der Waals surface area contributed by atoms with Gasteiger partial charge in [-0.05, 0) is 74.2 Å². The molecule has 4 rings (SSSR count). The van der Waals surface area contributed by atoms with Crippen molar-refractivity contribution in [3.05, 3.63) is 64.8 Å². The van der Waals surface area contributed by atoms with Crippen LogP contribution >= 0.6 is 0 Å². The summed E-state index contributed by atoms with van der Waals surface area (Å²) in [7, 11) is 0. The molecule has 1 aromatic heterocycles. The van der Waals surface area contributed by atoms with Crippen LogP contribution in [-0.2, 0) is 0 Å². The number of benzene rings is 2. The zero-order chi connectivity index (χ0) is 18.3. The smallest absolute Gasteiger partial charge is 0.272 e. The van der Waals surface area contributed by atoms with Gasteiger partial charge >= 0.3 is 0 Å². The van der Waals surface area contributed by atoms with Gasteiger partial charge in [0.05, 0.1) is 0 Å². The van der Waals surface area contributed by atoms with Crippen LogP contribution in [0.25, 0.3) is 10.9 Å². The van der Waals surface area contributed by atoms with Crippen molar-refractivity contribution < 1.29 is 9.59 Å². The molecule has 5 heteroatoms. The molecular formula is C21H21N3O2. The molecule has 0 saturated heterocycles. The normalized spacial score (nSPS) is 13.6. The van der Waals surface area contributed by atoms with E-state index in [0.29, 0.717) is 23.0 Å². The maximum Gasteiger partial charge on any atom is 0.272 e. The van der Waals surface area contributed by atoms with Crippen LogP contribution in [0.3, 0.4) is 0 Å². The molecule has 2 aromatic carbocycles. The number of aromatic amines is 1. The average Bonchev–Trinajstić information content (AvgIpc) is 3.30. The minimum atomic E-state index is -0.201. The predicted octanol–water partition coefficient (Wildman–Crippen LogP) is 3.93. The Labute approximate surface area is 151 Å². The van der Waals surface area contributed by atoms with Crippen LogP contribution in [0.1, 0.15) is 44.8 Å². The van der Waals surface area contributed by atoms with Gasteiger partial charge < -0.3 is 15.6 Å². The number of hydrogen-bond acceptors (Lipinski definition) is 2. The molecule has 2 amide bonds. The predicted molar refractivity (Wildman–Crippen MR) is 103 cm³/mol. The number of carbonyl (C=O) groups is 2. The Morgan fingerprint density at radius 1 is 1.00 bits per heavy atom. The number of fused-ring (bicyclic) bond motifs is 1. The van der Waals surface area contributed by atoms with Gasteiger partial charge in [0.15, 0.2) is 0 Å². The summed E-state index contributed by atoms with van der Waals surface area (Å²) >= 11 is 0. The molecule has 1 fully saturated rings. The Morgan fingerprint density at radius 2 is 1.73 bits per heavy atom. The molecule has 0 radical (unpaired) electrons. The van der Waals surface area contributed by atoms with Gasteiger partial charge in [-0.3, -0.25) is 9.59 Å². The molecule has 1 saturated carbocycles. The largest absolute Gasteiger partial charge is 0.351 e. The minimum Gasteiger partial charge on any atom is -0.351 e. The number of rotatable bonds is 4. The van der Waals surface area contributed by atoms with E-state index in [4.69, 9.17) is 0 Å². The molecule has 1 heterocycles. The third kappa shape index (κ3) is 3.33. The minimum absolute atomic E-state index is 0.0631. The van der Waals surface area contributed by atoms with Crippen molar-refractivity contribution in [2.75, 3.05) is 5.32 Å². The van der Waals surface area contributed by atoms with Crippen LogP contribution in [0, 0.1) is 13.8 Å². The van der Waals surface area contributed by atoms with Crippen LogP contribution in [0.5, 0.6) is 0 Å². The lowest BCUT2D eigenvalue weighted by molar-refractivity contribution is 0.0950. The van der Waals surface area contributed by atoms with Crippen molar-refractivity contribution in [3.63, 3.8) is 0 Å². The van der Waals surface area contributed by atoms with Crippen molar-refractivity contribution in [1.82, 2.24) is 10.3 Å². The van der Waals surface area contributed by atoms with E-state index in [1.807, 2.05) is 26.0 Å². The SMILES string of the molecule is Cc1cc(C)c2cc(C(=O)Nc3ccc(C(=O)NC4CC4)cc3)[nH]c2c1. The Balaban J connectivity index is 1.49. The van der Waals surface area contributed by atoms with Gasteiger partial charge in [-0.25, -0.2) is 0 Å². The first-order chi connectivity index (χ1) is 12.5. The highest BCUT2D eigenvalue weighted by Gasteiger charge is 2.23. The van der Waals surface area contributed by atoms with Gasteiger partial charge in [0.1, 0.15) is 5.69 Å². The maximum atomic E-state index is 12.5. The summed E-state index contributed by atoms with van der Waals surface area (Å²) in [4.78, 5) is 27.7. The molecule has 26 heavy (non-hydrogen) atoms.